The van der Waals surface area contributed by atoms with Gasteiger partial charge in [0.2, 0.25) is 0 Å². The molecule has 0 amide bonds. The van der Waals surface area contributed by atoms with Gasteiger partial charge in [0.15, 0.2) is 5.82 Å². The average Bonchev–Trinajstić information content (AvgIpc) is 3.77. The molecule has 0 aliphatic rings. The van der Waals surface area contributed by atoms with Crippen LogP contribution in [0.25, 0.3) is 131 Å². The Bertz CT molecular complexity index is 3980. The largest absolute Gasteiger partial charge is 0.228 e. The molecule has 2 heterocycles. The zero-order chi connectivity index (χ0) is 42.8. The molecule has 0 fully saturated rings. The Labute approximate surface area is 380 Å². The quantitative estimate of drug-likeness (QED) is 0.123. The number of thiophene rings is 1. The zero-order valence-electron chi connectivity index (χ0n) is 35.2. The predicted octanol–water partition coefficient (Wildman–Crippen LogP) is 17.5. The van der Waals surface area contributed by atoms with E-state index in [1.807, 2.05) is 17.4 Å². The molecule has 3 heteroatoms. The lowest BCUT2D eigenvalue weighted by Gasteiger charge is -2.21. The molecule has 13 rings (SSSR count). The van der Waals surface area contributed by atoms with Crippen LogP contribution in [0, 0.1) is 0 Å². The molecule has 0 aliphatic carbocycles. The first-order chi connectivity index (χ1) is 32.2. The minimum Gasteiger partial charge on any atom is -0.228 e. The summed E-state index contributed by atoms with van der Waals surface area (Å²) in [7, 11) is 0. The van der Waals surface area contributed by atoms with Crippen LogP contribution < -0.4 is 0 Å². The lowest BCUT2D eigenvalue weighted by Crippen LogP contribution is -1.96. The lowest BCUT2D eigenvalue weighted by atomic mass is 9.82. The summed E-state index contributed by atoms with van der Waals surface area (Å²) in [6.07, 6.45) is 0. The second kappa shape index (κ2) is 15.2. The molecule has 0 aliphatic heterocycles. The van der Waals surface area contributed by atoms with Gasteiger partial charge in [0.1, 0.15) is 0 Å². The van der Waals surface area contributed by atoms with E-state index < -0.39 is 0 Å². The predicted molar refractivity (Wildman–Crippen MR) is 278 cm³/mol. The highest BCUT2D eigenvalue weighted by Crippen LogP contribution is 2.48. The number of fused-ring (bicyclic) bond motifs is 8. The van der Waals surface area contributed by atoms with Crippen molar-refractivity contribution in [1.82, 2.24) is 9.97 Å². The van der Waals surface area contributed by atoms with E-state index in [1.165, 1.54) is 91.1 Å². The van der Waals surface area contributed by atoms with Crippen LogP contribution in [0.3, 0.4) is 0 Å². The van der Waals surface area contributed by atoms with Crippen LogP contribution in [0.2, 0.25) is 0 Å². The minimum atomic E-state index is 0.715. The van der Waals surface area contributed by atoms with Crippen molar-refractivity contribution in [3.63, 3.8) is 0 Å². The SMILES string of the molecule is c1ccc(-c2nc(-c3ccc(-c4ccc(-c5c6ccccc6c(-c6ccccc6)c6c5ccc5ccccc56)c5ccccc45)cc3)cc(-c3cccc4c3sc3ccccc34)n2)cc1. The number of nitrogens with zero attached hydrogens (tertiary/aromatic N) is 2. The van der Waals surface area contributed by atoms with E-state index in [-0.39, 0.29) is 0 Å². The van der Waals surface area contributed by atoms with E-state index in [0.717, 1.165) is 33.6 Å². The summed E-state index contributed by atoms with van der Waals surface area (Å²) in [4.78, 5) is 10.4. The Morgan fingerprint density at radius 1 is 0.292 bits per heavy atom. The van der Waals surface area contributed by atoms with Gasteiger partial charge in [0.05, 0.1) is 11.4 Å². The normalized spacial score (nSPS) is 11.7. The molecule has 11 aromatic carbocycles. The zero-order valence-corrected chi connectivity index (χ0v) is 36.1. The fourth-order valence-corrected chi connectivity index (χ4v) is 11.4. The highest BCUT2D eigenvalue weighted by atomic mass is 32.1. The Morgan fingerprint density at radius 3 is 1.63 bits per heavy atom. The van der Waals surface area contributed by atoms with Gasteiger partial charge in [-0.25, -0.2) is 9.97 Å². The fraction of sp³-hybridized carbons (Fsp3) is 0. The van der Waals surface area contributed by atoms with Crippen LogP contribution in [0.1, 0.15) is 0 Å². The monoisotopic (exact) mass is 842 g/mol. The molecule has 0 saturated carbocycles. The van der Waals surface area contributed by atoms with Crippen molar-refractivity contribution in [2.24, 2.45) is 0 Å². The third-order valence-electron chi connectivity index (χ3n) is 13.1. The third-order valence-corrected chi connectivity index (χ3v) is 14.3. The Kier molecular flexibility index (Phi) is 8.75. The van der Waals surface area contributed by atoms with E-state index in [9.17, 15) is 0 Å². The first-order valence-corrected chi connectivity index (χ1v) is 23.0. The molecule has 13 aromatic rings. The van der Waals surface area contributed by atoms with Gasteiger partial charge in [0.25, 0.3) is 0 Å². The first kappa shape index (κ1) is 37.3. The van der Waals surface area contributed by atoms with Gasteiger partial charge in [-0.3, -0.25) is 0 Å². The summed E-state index contributed by atoms with van der Waals surface area (Å²) in [6, 6.07) is 83.5. The van der Waals surface area contributed by atoms with E-state index in [2.05, 4.69) is 224 Å². The van der Waals surface area contributed by atoms with Gasteiger partial charge in [-0.1, -0.05) is 218 Å². The number of aromatic nitrogens is 2. The lowest BCUT2D eigenvalue weighted by molar-refractivity contribution is 1.19. The molecule has 0 atom stereocenters. The summed E-state index contributed by atoms with van der Waals surface area (Å²) in [5, 5.41) is 12.5. The van der Waals surface area contributed by atoms with Crippen LogP contribution in [0.5, 0.6) is 0 Å². The molecular weight excluding hydrogens is 805 g/mol. The van der Waals surface area contributed by atoms with Crippen LogP contribution in [0.15, 0.2) is 231 Å². The Balaban J connectivity index is 0.965. The molecule has 0 saturated heterocycles. The van der Waals surface area contributed by atoms with Gasteiger partial charge in [-0.05, 0) is 88.6 Å². The van der Waals surface area contributed by atoms with Crippen molar-refractivity contribution in [2.45, 2.75) is 0 Å². The van der Waals surface area contributed by atoms with E-state index in [0.29, 0.717) is 5.82 Å². The summed E-state index contributed by atoms with van der Waals surface area (Å²) >= 11 is 1.83. The molecule has 0 spiro atoms. The Morgan fingerprint density at radius 2 is 0.862 bits per heavy atom. The molecule has 2 nitrogen and oxygen atoms in total. The van der Waals surface area contributed by atoms with E-state index >= 15 is 0 Å². The highest BCUT2D eigenvalue weighted by molar-refractivity contribution is 7.26. The first-order valence-electron chi connectivity index (χ1n) is 22.1. The smallest absolute Gasteiger partial charge is 0.160 e. The van der Waals surface area contributed by atoms with Crippen molar-refractivity contribution in [3.05, 3.63) is 231 Å². The number of hydrogen-bond acceptors (Lipinski definition) is 3. The van der Waals surface area contributed by atoms with Crippen molar-refractivity contribution in [2.75, 3.05) is 0 Å². The molecule has 0 N–H and O–H groups in total. The van der Waals surface area contributed by atoms with Crippen LogP contribution in [-0.4, -0.2) is 9.97 Å². The molecule has 0 bridgehead atoms. The van der Waals surface area contributed by atoms with Gasteiger partial charge in [-0.15, -0.1) is 11.3 Å². The maximum Gasteiger partial charge on any atom is 0.160 e. The standard InChI is InChI=1S/C62H38N2S/c1-3-17-42(18-4-1)58-49-25-11-12-26-50(49)59(54-35-34-39-16-7-8-21-45(39)60(54)58)51-37-36-44(46-22-9-10-23-47(46)51)40-30-32-41(33-31-40)55-38-56(64-62(63-55)43-19-5-2-6-20-43)53-28-15-27-52-48-24-13-14-29-57(48)65-61(52)53/h1-38H. The van der Waals surface area contributed by atoms with Crippen molar-refractivity contribution in [1.29, 1.82) is 0 Å². The summed E-state index contributed by atoms with van der Waals surface area (Å²) < 4.78 is 2.52. The van der Waals surface area contributed by atoms with E-state index in [1.54, 1.807) is 0 Å². The minimum absolute atomic E-state index is 0.715. The van der Waals surface area contributed by atoms with Gasteiger partial charge in [-0.2, -0.15) is 0 Å². The maximum absolute atomic E-state index is 5.22. The van der Waals surface area contributed by atoms with Crippen molar-refractivity contribution in [3.8, 4) is 67.3 Å². The number of benzene rings is 11. The third kappa shape index (κ3) is 6.16. The fourth-order valence-electron chi connectivity index (χ4n) is 10.1. The average molecular weight is 843 g/mol. The Hall–Kier alpha value is -8.24. The van der Waals surface area contributed by atoms with E-state index in [4.69, 9.17) is 9.97 Å². The molecule has 65 heavy (non-hydrogen) atoms. The van der Waals surface area contributed by atoms with Gasteiger partial charge < -0.3 is 0 Å². The van der Waals surface area contributed by atoms with Crippen LogP contribution >= 0.6 is 11.3 Å². The number of hydrogen-bond donors (Lipinski definition) is 0. The molecule has 0 radical (unpaired) electrons. The van der Waals surface area contributed by atoms with Crippen LogP contribution in [0.4, 0.5) is 0 Å². The topological polar surface area (TPSA) is 25.8 Å². The summed E-state index contributed by atoms with van der Waals surface area (Å²) in [5.74, 6) is 0.715. The number of rotatable bonds is 6. The van der Waals surface area contributed by atoms with Crippen LogP contribution in [-0.2, 0) is 0 Å². The molecule has 302 valence electrons. The maximum atomic E-state index is 5.22. The summed E-state index contributed by atoms with van der Waals surface area (Å²) in [5.41, 5.74) is 12.3. The van der Waals surface area contributed by atoms with Gasteiger partial charge in [0, 0.05) is 36.9 Å². The molecule has 2 aromatic heterocycles. The second-order valence-corrected chi connectivity index (χ2v) is 17.8. The molecular formula is C62H38N2S. The summed E-state index contributed by atoms with van der Waals surface area (Å²) in [6.45, 7) is 0. The second-order valence-electron chi connectivity index (χ2n) is 16.8. The highest BCUT2D eigenvalue weighted by Gasteiger charge is 2.21. The van der Waals surface area contributed by atoms with Gasteiger partial charge >= 0.3 is 0 Å². The van der Waals surface area contributed by atoms with Crippen molar-refractivity contribution < 1.29 is 0 Å². The van der Waals surface area contributed by atoms with Crippen molar-refractivity contribution >= 4 is 74.6 Å². The molecule has 0 unspecified atom stereocenters.